The molecule has 0 amide bonds. The Morgan fingerprint density at radius 2 is 1.82 bits per heavy atom. The Morgan fingerprint density at radius 1 is 1.32 bits per heavy atom. The van der Waals surface area contributed by atoms with Crippen LogP contribution in [-0.2, 0) is 0 Å². The summed E-state index contributed by atoms with van der Waals surface area (Å²) in [5.74, 6) is 0. The van der Waals surface area contributed by atoms with Crippen LogP contribution in [0.2, 0.25) is 0 Å². The van der Waals surface area contributed by atoms with Crippen LogP contribution in [0.4, 0.5) is 17.1 Å². The second kappa shape index (κ2) is 7.74. The molecule has 0 aromatic heterocycles. The number of thioether (sulfide) groups is 1. The fourth-order valence-corrected chi connectivity index (χ4v) is 2.67. The van der Waals surface area contributed by atoms with Crippen molar-refractivity contribution in [2.24, 2.45) is 4.99 Å². The molecule has 1 N–H and O–H groups in total. The summed E-state index contributed by atoms with van der Waals surface area (Å²) in [5.41, 5.74) is -0.249. The van der Waals surface area contributed by atoms with Crippen molar-refractivity contribution >= 4 is 33.9 Å². The standard InChI is InChI=1S/C13H18N4O4S/c1-5-14-13(22-4)9(3)15-12-10(16(18)19)6-8(2)7-11(12)17(20)21/h6-7,9,15H,5H2,1-4H3. The third-order valence-electron chi connectivity index (χ3n) is 2.89. The molecule has 1 rings (SSSR count). The maximum absolute atomic E-state index is 11.2. The summed E-state index contributed by atoms with van der Waals surface area (Å²) in [6, 6.07) is 2.27. The average molecular weight is 326 g/mol. The summed E-state index contributed by atoms with van der Waals surface area (Å²) in [4.78, 5) is 25.4. The molecule has 1 unspecified atom stereocenters. The highest BCUT2D eigenvalue weighted by Gasteiger charge is 2.28. The van der Waals surface area contributed by atoms with E-state index >= 15 is 0 Å². The van der Waals surface area contributed by atoms with Gasteiger partial charge in [-0.25, -0.2) is 0 Å². The molecule has 9 heteroatoms. The lowest BCUT2D eigenvalue weighted by Crippen LogP contribution is -2.25. The third-order valence-corrected chi connectivity index (χ3v) is 3.79. The zero-order valence-corrected chi connectivity index (χ0v) is 13.6. The number of nitro benzene ring substituents is 2. The van der Waals surface area contributed by atoms with Crippen molar-refractivity contribution in [1.29, 1.82) is 0 Å². The highest BCUT2D eigenvalue weighted by atomic mass is 32.2. The van der Waals surface area contributed by atoms with E-state index in [0.29, 0.717) is 12.1 Å². The average Bonchev–Trinajstić information content (AvgIpc) is 2.45. The summed E-state index contributed by atoms with van der Waals surface area (Å²) in [5, 5.41) is 26.0. The van der Waals surface area contributed by atoms with Crippen LogP contribution >= 0.6 is 11.8 Å². The number of rotatable bonds is 6. The number of aryl methyl sites for hydroxylation is 1. The van der Waals surface area contributed by atoms with Gasteiger partial charge in [0.1, 0.15) is 0 Å². The third kappa shape index (κ3) is 4.17. The van der Waals surface area contributed by atoms with Gasteiger partial charge in [-0.2, -0.15) is 0 Å². The van der Waals surface area contributed by atoms with Gasteiger partial charge >= 0.3 is 0 Å². The van der Waals surface area contributed by atoms with Crippen molar-refractivity contribution in [2.45, 2.75) is 26.8 Å². The minimum atomic E-state index is -0.620. The number of anilines is 1. The molecule has 0 spiro atoms. The Kier molecular flexibility index (Phi) is 6.29. The highest BCUT2D eigenvalue weighted by molar-refractivity contribution is 8.13. The Hall–Kier alpha value is -2.16. The Balaban J connectivity index is 3.35. The van der Waals surface area contributed by atoms with E-state index in [1.807, 2.05) is 13.2 Å². The van der Waals surface area contributed by atoms with Gasteiger partial charge < -0.3 is 5.32 Å². The molecular formula is C13H18N4O4S. The summed E-state index contributed by atoms with van der Waals surface area (Å²) in [6.45, 7) is 5.79. The van der Waals surface area contributed by atoms with E-state index in [2.05, 4.69) is 10.3 Å². The normalized spacial score (nSPS) is 12.8. The van der Waals surface area contributed by atoms with E-state index in [9.17, 15) is 20.2 Å². The molecular weight excluding hydrogens is 308 g/mol. The maximum Gasteiger partial charge on any atom is 0.299 e. The lowest BCUT2D eigenvalue weighted by atomic mass is 10.1. The molecule has 0 bridgehead atoms. The van der Waals surface area contributed by atoms with Gasteiger partial charge in [0, 0.05) is 18.7 Å². The number of nitrogens with zero attached hydrogens (tertiary/aromatic N) is 3. The molecule has 0 fully saturated rings. The maximum atomic E-state index is 11.2. The molecule has 8 nitrogen and oxygen atoms in total. The Bertz CT molecular complexity index is 583. The smallest absolute Gasteiger partial charge is 0.299 e. The van der Waals surface area contributed by atoms with Gasteiger partial charge in [0.15, 0.2) is 5.69 Å². The number of hydrogen-bond acceptors (Lipinski definition) is 7. The lowest BCUT2D eigenvalue weighted by molar-refractivity contribution is -0.392. The summed E-state index contributed by atoms with van der Waals surface area (Å²) >= 11 is 1.40. The van der Waals surface area contributed by atoms with Crippen molar-refractivity contribution in [3.05, 3.63) is 37.9 Å². The van der Waals surface area contributed by atoms with Gasteiger partial charge in [0.25, 0.3) is 11.4 Å². The van der Waals surface area contributed by atoms with Crippen LogP contribution in [0.25, 0.3) is 0 Å². The van der Waals surface area contributed by atoms with Crippen molar-refractivity contribution in [3.63, 3.8) is 0 Å². The van der Waals surface area contributed by atoms with Crippen LogP contribution in [0.15, 0.2) is 17.1 Å². The molecule has 0 aliphatic carbocycles. The van der Waals surface area contributed by atoms with Crippen molar-refractivity contribution in [2.75, 3.05) is 18.1 Å². The molecule has 0 radical (unpaired) electrons. The van der Waals surface area contributed by atoms with Crippen LogP contribution in [-0.4, -0.2) is 33.7 Å². The molecule has 1 atom stereocenters. The minimum absolute atomic E-state index is 0.0917. The predicted octanol–water partition coefficient (Wildman–Crippen LogP) is 3.39. The fourth-order valence-electron chi connectivity index (χ4n) is 2.00. The van der Waals surface area contributed by atoms with Gasteiger partial charge in [-0.05, 0) is 32.6 Å². The van der Waals surface area contributed by atoms with E-state index in [0.717, 1.165) is 5.04 Å². The van der Waals surface area contributed by atoms with Gasteiger partial charge in [0.05, 0.1) is 20.9 Å². The van der Waals surface area contributed by atoms with Crippen LogP contribution in [0, 0.1) is 27.2 Å². The predicted molar refractivity (Wildman–Crippen MR) is 89.1 cm³/mol. The van der Waals surface area contributed by atoms with E-state index in [-0.39, 0.29) is 23.1 Å². The number of nitro groups is 2. The first-order chi connectivity index (χ1) is 10.3. The number of aliphatic imine (C=N–C) groups is 1. The quantitative estimate of drug-likeness (QED) is 0.371. The molecule has 1 aromatic carbocycles. The van der Waals surface area contributed by atoms with E-state index < -0.39 is 9.85 Å². The minimum Gasteiger partial charge on any atom is -0.365 e. The number of hydrogen-bond donors (Lipinski definition) is 1. The highest BCUT2D eigenvalue weighted by Crippen LogP contribution is 2.36. The fraction of sp³-hybridized carbons (Fsp3) is 0.462. The van der Waals surface area contributed by atoms with Crippen LogP contribution < -0.4 is 5.32 Å². The second-order valence-corrected chi connectivity index (χ2v) is 5.40. The number of benzene rings is 1. The topological polar surface area (TPSA) is 111 Å². The lowest BCUT2D eigenvalue weighted by Gasteiger charge is -2.16. The first-order valence-electron chi connectivity index (χ1n) is 6.60. The van der Waals surface area contributed by atoms with Crippen molar-refractivity contribution in [1.82, 2.24) is 0 Å². The van der Waals surface area contributed by atoms with Crippen molar-refractivity contribution < 1.29 is 9.85 Å². The molecule has 1 aromatic rings. The monoisotopic (exact) mass is 326 g/mol. The molecule has 0 saturated heterocycles. The summed E-state index contributed by atoms with van der Waals surface area (Å²) < 4.78 is 0. The first-order valence-corrected chi connectivity index (χ1v) is 7.82. The molecule has 0 aliphatic heterocycles. The molecule has 22 heavy (non-hydrogen) atoms. The Morgan fingerprint density at radius 3 is 2.18 bits per heavy atom. The molecule has 0 heterocycles. The van der Waals surface area contributed by atoms with Crippen LogP contribution in [0.5, 0.6) is 0 Å². The summed E-state index contributed by atoms with van der Waals surface area (Å²) in [7, 11) is 0. The molecule has 0 aliphatic rings. The van der Waals surface area contributed by atoms with Crippen LogP contribution in [0.1, 0.15) is 19.4 Å². The van der Waals surface area contributed by atoms with Gasteiger partial charge in [-0.1, -0.05) is 0 Å². The van der Waals surface area contributed by atoms with E-state index in [1.165, 1.54) is 23.9 Å². The van der Waals surface area contributed by atoms with Crippen LogP contribution in [0.3, 0.4) is 0 Å². The summed E-state index contributed by atoms with van der Waals surface area (Å²) in [6.07, 6.45) is 1.84. The largest absolute Gasteiger partial charge is 0.365 e. The first kappa shape index (κ1) is 17.9. The van der Waals surface area contributed by atoms with Gasteiger partial charge in [0.2, 0.25) is 0 Å². The van der Waals surface area contributed by atoms with E-state index in [4.69, 9.17) is 0 Å². The number of nitrogens with one attached hydrogen (secondary N) is 1. The van der Waals surface area contributed by atoms with E-state index in [1.54, 1.807) is 13.8 Å². The van der Waals surface area contributed by atoms with Gasteiger partial charge in [-0.3, -0.25) is 25.2 Å². The zero-order chi connectivity index (χ0) is 16.9. The Labute approximate surface area is 132 Å². The van der Waals surface area contributed by atoms with Gasteiger partial charge in [-0.15, -0.1) is 11.8 Å². The molecule has 120 valence electrons. The SMILES string of the molecule is CCN=C(SC)C(C)Nc1c([N+](=O)[O-])cc(C)cc1[N+](=O)[O-]. The zero-order valence-electron chi connectivity index (χ0n) is 12.8. The van der Waals surface area contributed by atoms with Crippen molar-refractivity contribution in [3.8, 4) is 0 Å². The second-order valence-electron chi connectivity index (χ2n) is 4.58. The molecule has 0 saturated carbocycles.